The number of anilines is 3. The lowest BCUT2D eigenvalue weighted by Gasteiger charge is -2.40. The molecule has 1 fully saturated rings. The number of hydrogen-bond acceptors (Lipinski definition) is 5. The molecule has 2 aliphatic heterocycles. The Labute approximate surface area is 171 Å². The molecule has 28 heavy (non-hydrogen) atoms. The Morgan fingerprint density at radius 2 is 1.89 bits per heavy atom. The molecule has 2 aliphatic rings. The normalized spacial score (nSPS) is 17.8. The number of piperazine rings is 1. The van der Waals surface area contributed by atoms with Crippen LogP contribution in [0.2, 0.25) is 0 Å². The molecule has 2 aromatic rings. The number of thiophene rings is 1. The number of fused-ring (bicyclic) bond motifs is 2. The highest BCUT2D eigenvalue weighted by Crippen LogP contribution is 2.44. The summed E-state index contributed by atoms with van der Waals surface area (Å²) >= 11 is 1.91. The fraction of sp³-hybridized carbons (Fsp3) is 0.545. The standard InChI is InChI=1S/C22H31FN4S/c1-3-4-5-6-7-19-14-17-16-24-20-15-18(23)8-9-21(20)27(22(17)28-19)26-12-10-25(2)11-13-26/h8-9,14-15,24H,3-7,10-13,16H2,1-2H3. The second kappa shape index (κ2) is 8.80. The number of unbranched alkanes of at least 4 members (excludes halogenated alkanes) is 3. The Balaban J connectivity index is 1.65. The predicted molar refractivity (Wildman–Crippen MR) is 117 cm³/mol. The van der Waals surface area contributed by atoms with Gasteiger partial charge in [-0.3, -0.25) is 5.01 Å². The van der Waals surface area contributed by atoms with Gasteiger partial charge in [-0.05, 0) is 44.2 Å². The Morgan fingerprint density at radius 3 is 2.68 bits per heavy atom. The van der Waals surface area contributed by atoms with E-state index >= 15 is 0 Å². The van der Waals surface area contributed by atoms with Gasteiger partial charge in [0.05, 0.1) is 11.4 Å². The zero-order chi connectivity index (χ0) is 19.5. The average molecular weight is 403 g/mol. The first kappa shape index (κ1) is 19.7. The van der Waals surface area contributed by atoms with Crippen LogP contribution < -0.4 is 10.3 Å². The molecule has 4 nitrogen and oxygen atoms in total. The van der Waals surface area contributed by atoms with E-state index in [0.717, 1.165) is 50.5 Å². The molecule has 4 rings (SSSR count). The number of likely N-dealkylation sites (N-methyl/N-ethyl adjacent to an activating group) is 1. The zero-order valence-corrected chi connectivity index (χ0v) is 17.8. The smallest absolute Gasteiger partial charge is 0.125 e. The second-order valence-electron chi connectivity index (χ2n) is 7.94. The topological polar surface area (TPSA) is 21.8 Å². The van der Waals surface area contributed by atoms with Gasteiger partial charge in [0, 0.05) is 43.2 Å². The quantitative estimate of drug-likeness (QED) is 0.667. The van der Waals surface area contributed by atoms with Gasteiger partial charge < -0.3 is 10.2 Å². The van der Waals surface area contributed by atoms with E-state index in [1.807, 2.05) is 17.4 Å². The van der Waals surface area contributed by atoms with Gasteiger partial charge in [0.1, 0.15) is 10.8 Å². The molecular weight excluding hydrogens is 371 g/mol. The molecule has 1 aromatic carbocycles. The molecule has 1 N–H and O–H groups in total. The number of nitrogens with one attached hydrogen (secondary N) is 1. The maximum absolute atomic E-state index is 13.9. The van der Waals surface area contributed by atoms with Crippen LogP contribution in [-0.4, -0.2) is 43.1 Å². The summed E-state index contributed by atoms with van der Waals surface area (Å²) in [6, 6.07) is 7.49. The molecule has 0 radical (unpaired) electrons. The number of hydrazine groups is 1. The third-order valence-electron chi connectivity index (χ3n) is 5.73. The second-order valence-corrected chi connectivity index (χ2v) is 9.05. The number of benzene rings is 1. The van der Waals surface area contributed by atoms with Gasteiger partial charge in [-0.1, -0.05) is 26.2 Å². The molecule has 6 heteroatoms. The molecule has 0 unspecified atom stereocenters. The highest BCUT2D eigenvalue weighted by molar-refractivity contribution is 7.16. The van der Waals surface area contributed by atoms with E-state index in [0.29, 0.717) is 0 Å². The van der Waals surface area contributed by atoms with E-state index in [9.17, 15) is 4.39 Å². The van der Waals surface area contributed by atoms with Crippen LogP contribution in [0.15, 0.2) is 24.3 Å². The van der Waals surface area contributed by atoms with Crippen molar-refractivity contribution in [2.75, 3.05) is 43.6 Å². The van der Waals surface area contributed by atoms with Crippen LogP contribution in [0.5, 0.6) is 0 Å². The minimum absolute atomic E-state index is 0.188. The predicted octanol–water partition coefficient (Wildman–Crippen LogP) is 5.24. The summed E-state index contributed by atoms with van der Waals surface area (Å²) in [6.45, 7) is 7.07. The molecule has 152 valence electrons. The number of hydrogen-bond donors (Lipinski definition) is 1. The summed E-state index contributed by atoms with van der Waals surface area (Å²) in [5, 5.41) is 9.57. The van der Waals surface area contributed by atoms with Gasteiger partial charge in [-0.25, -0.2) is 9.40 Å². The van der Waals surface area contributed by atoms with Gasteiger partial charge in [0.2, 0.25) is 0 Å². The van der Waals surface area contributed by atoms with Gasteiger partial charge >= 0.3 is 0 Å². The first-order valence-corrected chi connectivity index (χ1v) is 11.4. The molecule has 0 bridgehead atoms. The molecule has 0 saturated carbocycles. The lowest BCUT2D eigenvalue weighted by Crippen LogP contribution is -2.51. The highest BCUT2D eigenvalue weighted by Gasteiger charge is 2.29. The molecule has 0 spiro atoms. The Bertz CT molecular complexity index is 798. The molecule has 0 amide bonds. The van der Waals surface area contributed by atoms with Crippen molar-refractivity contribution in [3.8, 4) is 0 Å². The van der Waals surface area contributed by atoms with Crippen LogP contribution >= 0.6 is 11.3 Å². The summed E-state index contributed by atoms with van der Waals surface area (Å²) < 4.78 is 13.9. The van der Waals surface area contributed by atoms with Crippen molar-refractivity contribution in [3.63, 3.8) is 0 Å². The Hall–Kier alpha value is -1.63. The number of halogens is 1. The largest absolute Gasteiger partial charge is 0.379 e. The third-order valence-corrected chi connectivity index (χ3v) is 6.94. The average Bonchev–Trinajstić information content (AvgIpc) is 3.03. The van der Waals surface area contributed by atoms with Crippen LogP contribution in [0.1, 0.15) is 43.0 Å². The number of rotatable bonds is 6. The first-order chi connectivity index (χ1) is 13.7. The molecule has 3 heterocycles. The maximum atomic E-state index is 13.9. The van der Waals surface area contributed by atoms with E-state index in [4.69, 9.17) is 0 Å². The van der Waals surface area contributed by atoms with Crippen molar-refractivity contribution < 1.29 is 4.39 Å². The monoisotopic (exact) mass is 402 g/mol. The Kier molecular flexibility index (Phi) is 6.19. The first-order valence-electron chi connectivity index (χ1n) is 10.5. The molecule has 1 saturated heterocycles. The zero-order valence-electron chi connectivity index (χ0n) is 17.0. The molecule has 0 atom stereocenters. The summed E-state index contributed by atoms with van der Waals surface area (Å²) in [7, 11) is 2.18. The van der Waals surface area contributed by atoms with Crippen molar-refractivity contribution in [1.82, 2.24) is 9.91 Å². The van der Waals surface area contributed by atoms with E-state index in [1.54, 1.807) is 12.1 Å². The fourth-order valence-corrected chi connectivity index (χ4v) is 5.30. The van der Waals surface area contributed by atoms with Gasteiger partial charge in [0.15, 0.2) is 0 Å². The van der Waals surface area contributed by atoms with Crippen molar-refractivity contribution in [2.24, 2.45) is 0 Å². The van der Waals surface area contributed by atoms with E-state index in [1.165, 1.54) is 41.1 Å². The molecular formula is C22H31FN4S. The summed E-state index contributed by atoms with van der Waals surface area (Å²) in [5.41, 5.74) is 3.27. The summed E-state index contributed by atoms with van der Waals surface area (Å²) in [6.07, 6.45) is 6.32. The van der Waals surface area contributed by atoms with Crippen LogP contribution in [0.3, 0.4) is 0 Å². The van der Waals surface area contributed by atoms with Gasteiger partial charge in [-0.2, -0.15) is 0 Å². The summed E-state index contributed by atoms with van der Waals surface area (Å²) in [5.74, 6) is -0.188. The SMILES string of the molecule is CCCCCCc1cc2c(s1)N(N1CCN(C)CC1)c1ccc(F)cc1NC2. The molecule has 0 aliphatic carbocycles. The minimum Gasteiger partial charge on any atom is -0.379 e. The third kappa shape index (κ3) is 4.19. The van der Waals surface area contributed by atoms with Gasteiger partial charge in [-0.15, -0.1) is 11.3 Å². The summed E-state index contributed by atoms with van der Waals surface area (Å²) in [4.78, 5) is 3.83. The van der Waals surface area contributed by atoms with Crippen molar-refractivity contribution in [3.05, 3.63) is 40.5 Å². The fourth-order valence-electron chi connectivity index (χ4n) is 4.04. The minimum atomic E-state index is -0.188. The van der Waals surface area contributed by atoms with Crippen LogP contribution in [0, 0.1) is 5.82 Å². The van der Waals surface area contributed by atoms with E-state index < -0.39 is 0 Å². The Morgan fingerprint density at radius 1 is 1.07 bits per heavy atom. The van der Waals surface area contributed by atoms with Gasteiger partial charge in [0.25, 0.3) is 0 Å². The molecule has 1 aromatic heterocycles. The number of nitrogens with zero attached hydrogens (tertiary/aromatic N) is 3. The van der Waals surface area contributed by atoms with Crippen molar-refractivity contribution in [1.29, 1.82) is 0 Å². The van der Waals surface area contributed by atoms with Crippen LogP contribution in [-0.2, 0) is 13.0 Å². The highest BCUT2D eigenvalue weighted by atomic mass is 32.1. The lowest BCUT2D eigenvalue weighted by molar-refractivity contribution is 0.155. The maximum Gasteiger partial charge on any atom is 0.125 e. The van der Waals surface area contributed by atoms with E-state index in [2.05, 4.69) is 40.3 Å². The number of aryl methyl sites for hydroxylation is 1. The lowest BCUT2D eigenvalue weighted by atomic mass is 10.1. The van der Waals surface area contributed by atoms with Crippen LogP contribution in [0.4, 0.5) is 20.8 Å². The van der Waals surface area contributed by atoms with Crippen molar-refractivity contribution >= 4 is 27.7 Å². The van der Waals surface area contributed by atoms with Crippen molar-refractivity contribution in [2.45, 2.75) is 45.6 Å². The van der Waals surface area contributed by atoms with Crippen LogP contribution in [0.25, 0.3) is 0 Å². The van der Waals surface area contributed by atoms with E-state index in [-0.39, 0.29) is 5.82 Å².